The second kappa shape index (κ2) is 13.7. The fourth-order valence-electron chi connectivity index (χ4n) is 4.99. The first-order valence-electron chi connectivity index (χ1n) is 12.8. The Hall–Kier alpha value is -0.801. The Bertz CT molecular complexity index is 742. The van der Waals surface area contributed by atoms with Gasteiger partial charge in [0.05, 0.1) is 0 Å². The molecule has 0 amide bonds. The third kappa shape index (κ3) is 8.92. The van der Waals surface area contributed by atoms with Crippen LogP contribution in [-0.2, 0) is 12.8 Å². The fourth-order valence-corrected chi connectivity index (χ4v) is 20.4. The van der Waals surface area contributed by atoms with Gasteiger partial charge in [-0.25, -0.2) is 0 Å². The van der Waals surface area contributed by atoms with Gasteiger partial charge in [0.25, 0.3) is 0 Å². The minimum absolute atomic E-state index is 0.527. The van der Waals surface area contributed by atoms with Crippen molar-refractivity contribution in [2.24, 2.45) is 0 Å². The molecular weight excluding hydrogens is 481 g/mol. The van der Waals surface area contributed by atoms with Gasteiger partial charge < -0.3 is 0 Å². The van der Waals surface area contributed by atoms with Crippen molar-refractivity contribution in [3.8, 4) is 0 Å². The maximum atomic E-state index is 3.69. The zero-order chi connectivity index (χ0) is 22.7. The van der Waals surface area contributed by atoms with Crippen molar-refractivity contribution in [3.05, 3.63) is 65.2 Å². The minimum atomic E-state index is -2.49. The van der Waals surface area contributed by atoms with E-state index in [1.807, 2.05) is 0 Å². The molecule has 0 saturated carbocycles. The second-order valence-electron chi connectivity index (χ2n) is 10.1. The monoisotopic (exact) mass is 529 g/mol. The van der Waals surface area contributed by atoms with Crippen LogP contribution < -0.4 is 8.90 Å². The first kappa shape index (κ1) is 26.5. The zero-order valence-electron chi connectivity index (χ0n) is 21.1. The summed E-state index contributed by atoms with van der Waals surface area (Å²) >= 11 is -2.49. The van der Waals surface area contributed by atoms with Crippen LogP contribution in [0.25, 0.3) is 0 Å². The van der Waals surface area contributed by atoms with Gasteiger partial charge in [0, 0.05) is 0 Å². The van der Waals surface area contributed by atoms with E-state index in [-0.39, 0.29) is 0 Å². The molecule has 2 heteroatoms. The zero-order valence-corrected chi connectivity index (χ0v) is 24.0. The van der Waals surface area contributed by atoms with E-state index < -0.39 is 18.4 Å². The Balaban J connectivity index is 2.30. The number of rotatable bonds is 14. The summed E-state index contributed by atoms with van der Waals surface area (Å²) in [5, 5.41) is 3.69. The third-order valence-corrected chi connectivity index (χ3v) is 22.0. The first-order valence-corrected chi connectivity index (χ1v) is 20.3. The predicted molar refractivity (Wildman–Crippen MR) is 142 cm³/mol. The van der Waals surface area contributed by atoms with Crippen molar-refractivity contribution in [1.29, 1.82) is 0 Å². The SMILES string of the molecule is CCC[CH2][Sn]([CH2]CCC)([CH2]Cc1ccc(C)cc1)[c]1cccc(CC(C)NC(C)C)c1. The molecule has 0 saturated heterocycles. The summed E-state index contributed by atoms with van der Waals surface area (Å²) in [6.45, 7) is 13.7. The van der Waals surface area contributed by atoms with Crippen LogP contribution in [-0.4, -0.2) is 30.5 Å². The van der Waals surface area contributed by atoms with E-state index in [9.17, 15) is 0 Å². The molecule has 0 heterocycles. The van der Waals surface area contributed by atoms with Crippen molar-refractivity contribution in [2.45, 2.75) is 105 Å². The summed E-state index contributed by atoms with van der Waals surface area (Å²) in [5.41, 5.74) is 4.43. The molecule has 2 rings (SSSR count). The van der Waals surface area contributed by atoms with Crippen LogP contribution in [0.2, 0.25) is 13.3 Å². The Labute approximate surface area is 197 Å². The van der Waals surface area contributed by atoms with Gasteiger partial charge in [-0.2, -0.15) is 0 Å². The molecular formula is C29H47NSn. The summed E-state index contributed by atoms with van der Waals surface area (Å²) < 4.78 is 6.28. The molecule has 31 heavy (non-hydrogen) atoms. The van der Waals surface area contributed by atoms with Crippen molar-refractivity contribution >= 4 is 22.0 Å². The van der Waals surface area contributed by atoms with E-state index in [0.29, 0.717) is 12.1 Å². The van der Waals surface area contributed by atoms with Crippen LogP contribution in [0.15, 0.2) is 48.5 Å². The quantitative estimate of drug-likeness (QED) is 0.252. The summed E-state index contributed by atoms with van der Waals surface area (Å²) in [5.74, 6) is 0. The van der Waals surface area contributed by atoms with E-state index in [1.165, 1.54) is 62.1 Å². The standard InChI is InChI=1S/C12H18N.C9H11.2C4H9.Sn/c1-10(2)13-11(3)9-12-7-5-4-6-8-12;1-3-9-6-4-8(2)5-7-9;2*1-3-4-2;/h4-5,7-8,10-11,13H,9H2,1-3H3;4-7H,1,3H2,2H3;2*1,3-4H2,2H3;. The van der Waals surface area contributed by atoms with E-state index >= 15 is 0 Å². The second-order valence-corrected chi connectivity index (χ2v) is 23.3. The molecule has 0 aliphatic heterocycles. The van der Waals surface area contributed by atoms with E-state index in [4.69, 9.17) is 0 Å². The van der Waals surface area contributed by atoms with E-state index in [2.05, 4.69) is 95.4 Å². The summed E-state index contributed by atoms with van der Waals surface area (Å²) in [7, 11) is 0. The van der Waals surface area contributed by atoms with Gasteiger partial charge in [0.15, 0.2) is 0 Å². The summed E-state index contributed by atoms with van der Waals surface area (Å²) in [6.07, 6.45) is 7.86. The van der Waals surface area contributed by atoms with Crippen molar-refractivity contribution in [1.82, 2.24) is 5.32 Å². The van der Waals surface area contributed by atoms with Crippen LogP contribution in [0.5, 0.6) is 0 Å². The molecule has 172 valence electrons. The van der Waals surface area contributed by atoms with Crippen LogP contribution >= 0.6 is 0 Å². The van der Waals surface area contributed by atoms with Crippen molar-refractivity contribution in [3.63, 3.8) is 0 Å². The van der Waals surface area contributed by atoms with Gasteiger partial charge in [-0.05, 0) is 0 Å². The topological polar surface area (TPSA) is 12.0 Å². The Morgan fingerprint density at radius 3 is 2.03 bits per heavy atom. The molecule has 1 nitrogen and oxygen atoms in total. The number of aryl methyl sites for hydroxylation is 2. The summed E-state index contributed by atoms with van der Waals surface area (Å²) in [4.78, 5) is 0. The van der Waals surface area contributed by atoms with Crippen molar-refractivity contribution < 1.29 is 0 Å². The molecule has 1 N–H and O–H groups in total. The predicted octanol–water partition coefficient (Wildman–Crippen LogP) is 7.42. The molecule has 1 atom stereocenters. The molecule has 1 unspecified atom stereocenters. The van der Waals surface area contributed by atoms with Crippen LogP contribution in [0, 0.1) is 6.92 Å². The maximum absolute atomic E-state index is 3.69. The Morgan fingerprint density at radius 1 is 0.806 bits per heavy atom. The number of nitrogens with one attached hydrogen (secondary N) is 1. The normalized spacial score (nSPS) is 13.0. The average Bonchev–Trinajstić information content (AvgIpc) is 2.74. The van der Waals surface area contributed by atoms with Gasteiger partial charge in [-0.1, -0.05) is 0 Å². The van der Waals surface area contributed by atoms with Crippen molar-refractivity contribution in [2.75, 3.05) is 0 Å². The van der Waals surface area contributed by atoms with Gasteiger partial charge in [0.2, 0.25) is 0 Å². The molecule has 2 aromatic carbocycles. The van der Waals surface area contributed by atoms with E-state index in [1.54, 1.807) is 3.58 Å². The molecule has 0 radical (unpaired) electrons. The molecule has 0 aromatic heterocycles. The third-order valence-electron chi connectivity index (χ3n) is 6.73. The molecule has 0 spiro atoms. The molecule has 0 aliphatic carbocycles. The van der Waals surface area contributed by atoms with E-state index in [0.717, 1.165) is 6.42 Å². The number of unbranched alkanes of at least 4 members (excludes halogenated alkanes) is 2. The summed E-state index contributed by atoms with van der Waals surface area (Å²) in [6, 6.07) is 20.2. The molecule has 0 aliphatic rings. The molecule has 0 fully saturated rings. The van der Waals surface area contributed by atoms with Gasteiger partial charge in [0.1, 0.15) is 0 Å². The van der Waals surface area contributed by atoms with Crippen LogP contribution in [0.4, 0.5) is 0 Å². The Kier molecular flexibility index (Phi) is 11.7. The van der Waals surface area contributed by atoms with Gasteiger partial charge >= 0.3 is 198 Å². The van der Waals surface area contributed by atoms with Crippen LogP contribution in [0.1, 0.15) is 77.0 Å². The first-order chi connectivity index (χ1) is 14.9. The Morgan fingerprint density at radius 2 is 1.45 bits per heavy atom. The number of benzene rings is 2. The molecule has 2 aromatic rings. The number of hydrogen-bond donors (Lipinski definition) is 1. The molecule has 0 bridgehead atoms. The van der Waals surface area contributed by atoms with Gasteiger partial charge in [-0.15, -0.1) is 0 Å². The number of hydrogen-bond acceptors (Lipinski definition) is 1. The fraction of sp³-hybridized carbons (Fsp3) is 0.586. The van der Waals surface area contributed by atoms with Crippen LogP contribution in [0.3, 0.4) is 0 Å². The van der Waals surface area contributed by atoms with Gasteiger partial charge in [-0.3, -0.25) is 0 Å². The average molecular weight is 528 g/mol.